The monoisotopic (exact) mass is 239 g/mol. The Labute approximate surface area is 110 Å². The Balaban J connectivity index is 2.27. The number of aryl methyl sites for hydroxylation is 1. The van der Waals surface area contributed by atoms with Crippen molar-refractivity contribution in [3.8, 4) is 0 Å². The van der Waals surface area contributed by atoms with Crippen molar-refractivity contribution in [1.82, 2.24) is 5.32 Å². The highest BCUT2D eigenvalue weighted by Gasteiger charge is 2.12. The first-order chi connectivity index (χ1) is 8.81. The fourth-order valence-electron chi connectivity index (χ4n) is 2.12. The maximum atomic E-state index is 3.62. The summed E-state index contributed by atoms with van der Waals surface area (Å²) in [4.78, 5) is 0. The van der Waals surface area contributed by atoms with E-state index >= 15 is 0 Å². The Morgan fingerprint density at radius 1 is 0.889 bits per heavy atom. The number of hydrogen-bond donors (Lipinski definition) is 1. The van der Waals surface area contributed by atoms with Crippen molar-refractivity contribution in [2.45, 2.75) is 26.3 Å². The quantitative estimate of drug-likeness (QED) is 0.829. The van der Waals surface area contributed by atoms with E-state index in [4.69, 9.17) is 0 Å². The highest BCUT2D eigenvalue weighted by molar-refractivity contribution is 5.33. The summed E-state index contributed by atoms with van der Waals surface area (Å²) in [6.07, 6.45) is 1.15. The highest BCUT2D eigenvalue weighted by Crippen LogP contribution is 2.22. The van der Waals surface area contributed by atoms with Gasteiger partial charge in [-0.25, -0.2) is 0 Å². The molecular formula is C17H21N. The third kappa shape index (κ3) is 3.21. The standard InChI is InChI=1S/C17H21N/c1-3-13-18-17(15-7-5-4-6-8-15)16-11-9-14(2)10-12-16/h4-12,17-18H,3,13H2,1-2H3. The van der Waals surface area contributed by atoms with E-state index in [1.165, 1.54) is 16.7 Å². The normalized spacial score (nSPS) is 12.3. The topological polar surface area (TPSA) is 12.0 Å². The summed E-state index contributed by atoms with van der Waals surface area (Å²) >= 11 is 0. The molecule has 0 aliphatic heterocycles. The van der Waals surface area contributed by atoms with E-state index in [0.29, 0.717) is 6.04 Å². The maximum absolute atomic E-state index is 3.62. The predicted molar refractivity (Wildman–Crippen MR) is 77.8 cm³/mol. The molecule has 0 fully saturated rings. The van der Waals surface area contributed by atoms with Crippen LogP contribution in [0.3, 0.4) is 0 Å². The van der Waals surface area contributed by atoms with E-state index < -0.39 is 0 Å². The minimum Gasteiger partial charge on any atom is -0.306 e. The molecule has 2 aromatic carbocycles. The van der Waals surface area contributed by atoms with Crippen molar-refractivity contribution in [3.63, 3.8) is 0 Å². The minimum absolute atomic E-state index is 0.298. The van der Waals surface area contributed by atoms with E-state index in [0.717, 1.165) is 13.0 Å². The number of rotatable bonds is 5. The van der Waals surface area contributed by atoms with Crippen molar-refractivity contribution < 1.29 is 0 Å². The number of hydrogen-bond acceptors (Lipinski definition) is 1. The summed E-state index contributed by atoms with van der Waals surface area (Å²) in [5.74, 6) is 0. The van der Waals surface area contributed by atoms with Gasteiger partial charge in [-0.05, 0) is 31.0 Å². The van der Waals surface area contributed by atoms with Crippen molar-refractivity contribution in [1.29, 1.82) is 0 Å². The van der Waals surface area contributed by atoms with Crippen LogP contribution in [0.5, 0.6) is 0 Å². The molecule has 0 aliphatic rings. The molecule has 0 aromatic heterocycles. The van der Waals surface area contributed by atoms with Crippen LogP contribution in [0.4, 0.5) is 0 Å². The molecule has 2 rings (SSSR count). The third-order valence-corrected chi connectivity index (χ3v) is 3.14. The van der Waals surface area contributed by atoms with E-state index in [9.17, 15) is 0 Å². The molecule has 1 atom stereocenters. The van der Waals surface area contributed by atoms with Gasteiger partial charge >= 0.3 is 0 Å². The third-order valence-electron chi connectivity index (χ3n) is 3.14. The summed E-state index contributed by atoms with van der Waals surface area (Å²) in [7, 11) is 0. The Morgan fingerprint density at radius 2 is 1.50 bits per heavy atom. The zero-order valence-corrected chi connectivity index (χ0v) is 11.2. The number of benzene rings is 2. The van der Waals surface area contributed by atoms with Crippen molar-refractivity contribution in [2.24, 2.45) is 0 Å². The average molecular weight is 239 g/mol. The Morgan fingerprint density at radius 3 is 2.11 bits per heavy atom. The summed E-state index contributed by atoms with van der Waals surface area (Å²) in [6.45, 7) is 5.36. The van der Waals surface area contributed by atoms with Gasteiger partial charge in [-0.1, -0.05) is 67.1 Å². The van der Waals surface area contributed by atoms with Crippen LogP contribution in [0.25, 0.3) is 0 Å². The molecule has 1 heteroatoms. The van der Waals surface area contributed by atoms with E-state index in [1.54, 1.807) is 0 Å². The predicted octanol–water partition coefficient (Wildman–Crippen LogP) is 4.08. The zero-order chi connectivity index (χ0) is 12.8. The van der Waals surface area contributed by atoms with Crippen molar-refractivity contribution in [3.05, 3.63) is 71.3 Å². The lowest BCUT2D eigenvalue weighted by molar-refractivity contribution is 0.598. The first-order valence-corrected chi connectivity index (χ1v) is 6.66. The van der Waals surface area contributed by atoms with Crippen LogP contribution in [0.2, 0.25) is 0 Å². The van der Waals surface area contributed by atoms with Gasteiger partial charge in [-0.3, -0.25) is 0 Å². The van der Waals surface area contributed by atoms with Gasteiger partial charge in [0.05, 0.1) is 6.04 Å². The average Bonchev–Trinajstić information content (AvgIpc) is 2.42. The van der Waals surface area contributed by atoms with E-state index in [-0.39, 0.29) is 0 Å². The lowest BCUT2D eigenvalue weighted by Gasteiger charge is -2.19. The van der Waals surface area contributed by atoms with Crippen LogP contribution < -0.4 is 5.32 Å². The van der Waals surface area contributed by atoms with E-state index in [2.05, 4.69) is 73.8 Å². The van der Waals surface area contributed by atoms with Crippen LogP contribution >= 0.6 is 0 Å². The molecule has 1 nitrogen and oxygen atoms in total. The lowest BCUT2D eigenvalue weighted by atomic mass is 9.98. The second-order valence-electron chi connectivity index (χ2n) is 4.71. The Kier molecular flexibility index (Phi) is 4.54. The van der Waals surface area contributed by atoms with Gasteiger partial charge in [0.2, 0.25) is 0 Å². The second-order valence-corrected chi connectivity index (χ2v) is 4.71. The van der Waals surface area contributed by atoms with Crippen LogP contribution in [0.15, 0.2) is 54.6 Å². The van der Waals surface area contributed by atoms with Crippen LogP contribution in [-0.2, 0) is 0 Å². The molecule has 2 aromatic rings. The van der Waals surface area contributed by atoms with Gasteiger partial charge in [0, 0.05) is 0 Å². The van der Waals surface area contributed by atoms with Crippen LogP contribution in [0.1, 0.15) is 36.1 Å². The van der Waals surface area contributed by atoms with Gasteiger partial charge in [-0.15, -0.1) is 0 Å². The molecule has 1 unspecified atom stereocenters. The second kappa shape index (κ2) is 6.36. The molecule has 0 heterocycles. The zero-order valence-electron chi connectivity index (χ0n) is 11.2. The van der Waals surface area contributed by atoms with Crippen molar-refractivity contribution in [2.75, 3.05) is 6.54 Å². The molecular weight excluding hydrogens is 218 g/mol. The van der Waals surface area contributed by atoms with Crippen LogP contribution in [-0.4, -0.2) is 6.54 Å². The lowest BCUT2D eigenvalue weighted by Crippen LogP contribution is -2.23. The molecule has 0 radical (unpaired) electrons. The smallest absolute Gasteiger partial charge is 0.0576 e. The number of nitrogens with one attached hydrogen (secondary N) is 1. The molecule has 94 valence electrons. The Hall–Kier alpha value is -1.60. The maximum Gasteiger partial charge on any atom is 0.0576 e. The minimum atomic E-state index is 0.298. The van der Waals surface area contributed by atoms with Crippen molar-refractivity contribution >= 4 is 0 Å². The first kappa shape index (κ1) is 12.8. The molecule has 0 aliphatic carbocycles. The fourth-order valence-corrected chi connectivity index (χ4v) is 2.12. The highest BCUT2D eigenvalue weighted by atomic mass is 14.9. The molecule has 0 spiro atoms. The fraction of sp³-hybridized carbons (Fsp3) is 0.294. The van der Waals surface area contributed by atoms with Gasteiger partial charge in [-0.2, -0.15) is 0 Å². The summed E-state index contributed by atoms with van der Waals surface area (Å²) in [6, 6.07) is 19.7. The molecule has 0 saturated carbocycles. The van der Waals surface area contributed by atoms with Gasteiger partial charge in [0.1, 0.15) is 0 Å². The molecule has 0 amide bonds. The largest absolute Gasteiger partial charge is 0.306 e. The van der Waals surface area contributed by atoms with E-state index in [1.807, 2.05) is 0 Å². The molecule has 0 saturated heterocycles. The van der Waals surface area contributed by atoms with Gasteiger partial charge in [0.25, 0.3) is 0 Å². The van der Waals surface area contributed by atoms with Gasteiger partial charge < -0.3 is 5.32 Å². The SMILES string of the molecule is CCCNC(c1ccccc1)c1ccc(C)cc1. The summed E-state index contributed by atoms with van der Waals surface area (Å²) < 4.78 is 0. The van der Waals surface area contributed by atoms with Crippen LogP contribution in [0, 0.1) is 6.92 Å². The van der Waals surface area contributed by atoms with Gasteiger partial charge in [0.15, 0.2) is 0 Å². The molecule has 1 N–H and O–H groups in total. The molecule has 18 heavy (non-hydrogen) atoms. The Bertz CT molecular complexity index is 459. The summed E-state index contributed by atoms with van der Waals surface area (Å²) in [5.41, 5.74) is 3.97. The first-order valence-electron chi connectivity index (χ1n) is 6.66. The summed E-state index contributed by atoms with van der Waals surface area (Å²) in [5, 5.41) is 3.62. The molecule has 0 bridgehead atoms.